The van der Waals surface area contributed by atoms with Crippen LogP contribution in [-0.4, -0.2) is 44.8 Å². The first-order valence-electron chi connectivity index (χ1n) is 6.14. The first kappa shape index (κ1) is 10.9. The summed E-state index contributed by atoms with van der Waals surface area (Å²) in [5, 5.41) is 3.53. The molecule has 1 N–H and O–H groups in total. The summed E-state index contributed by atoms with van der Waals surface area (Å²) in [6.07, 6.45) is 0. The summed E-state index contributed by atoms with van der Waals surface area (Å²) in [6, 6.07) is 6.64. The maximum Gasteiger partial charge on any atom is 0.161 e. The summed E-state index contributed by atoms with van der Waals surface area (Å²) in [7, 11) is 2.16. The van der Waals surface area contributed by atoms with Gasteiger partial charge in [-0.3, -0.25) is 0 Å². The Morgan fingerprint density at radius 1 is 1.24 bits per heavy atom. The van der Waals surface area contributed by atoms with Gasteiger partial charge >= 0.3 is 0 Å². The van der Waals surface area contributed by atoms with Gasteiger partial charge in [0.1, 0.15) is 13.2 Å². The van der Waals surface area contributed by atoms with E-state index in [1.54, 1.807) is 0 Å². The molecule has 2 heterocycles. The number of piperazine rings is 1. The van der Waals surface area contributed by atoms with E-state index >= 15 is 0 Å². The number of likely N-dealkylation sites (N-methyl/N-ethyl adjacent to an activating group) is 1. The number of benzene rings is 1. The Morgan fingerprint density at radius 3 is 2.88 bits per heavy atom. The lowest BCUT2D eigenvalue weighted by Crippen LogP contribution is -2.43. The zero-order chi connectivity index (χ0) is 11.7. The van der Waals surface area contributed by atoms with E-state index in [2.05, 4.69) is 29.4 Å². The Labute approximate surface area is 102 Å². The normalized spacial score (nSPS) is 24.6. The molecule has 0 saturated carbocycles. The number of nitrogens with one attached hydrogen (secondary N) is 1. The summed E-state index contributed by atoms with van der Waals surface area (Å²) in [5.74, 6) is 1.74. The smallest absolute Gasteiger partial charge is 0.161 e. The fourth-order valence-electron chi connectivity index (χ4n) is 2.40. The quantitative estimate of drug-likeness (QED) is 0.787. The Kier molecular flexibility index (Phi) is 2.91. The van der Waals surface area contributed by atoms with Gasteiger partial charge in [-0.1, -0.05) is 6.07 Å². The zero-order valence-corrected chi connectivity index (χ0v) is 10.1. The average Bonchev–Trinajstić information content (AvgIpc) is 2.38. The third-order valence-electron chi connectivity index (χ3n) is 3.35. The van der Waals surface area contributed by atoms with Crippen LogP contribution < -0.4 is 14.8 Å². The molecule has 0 spiro atoms. The molecule has 0 bridgehead atoms. The molecular formula is C13H18N2O2. The molecule has 1 fully saturated rings. The van der Waals surface area contributed by atoms with Gasteiger partial charge < -0.3 is 19.7 Å². The van der Waals surface area contributed by atoms with Gasteiger partial charge in [0.15, 0.2) is 11.5 Å². The van der Waals surface area contributed by atoms with Gasteiger partial charge in [0.25, 0.3) is 0 Å². The molecule has 92 valence electrons. The van der Waals surface area contributed by atoms with Crippen molar-refractivity contribution < 1.29 is 9.47 Å². The summed E-state index contributed by atoms with van der Waals surface area (Å²) in [5.41, 5.74) is 1.28. The second kappa shape index (κ2) is 4.55. The molecule has 1 saturated heterocycles. The van der Waals surface area contributed by atoms with Crippen LogP contribution in [0.1, 0.15) is 11.6 Å². The van der Waals surface area contributed by atoms with E-state index in [4.69, 9.17) is 9.47 Å². The molecule has 1 unspecified atom stereocenters. The largest absolute Gasteiger partial charge is 0.486 e. The van der Waals surface area contributed by atoms with E-state index in [0.29, 0.717) is 19.3 Å². The van der Waals surface area contributed by atoms with E-state index < -0.39 is 0 Å². The van der Waals surface area contributed by atoms with Crippen molar-refractivity contribution in [2.24, 2.45) is 0 Å². The van der Waals surface area contributed by atoms with Gasteiger partial charge in [-0.05, 0) is 24.7 Å². The minimum atomic E-state index is 0.393. The van der Waals surface area contributed by atoms with E-state index in [-0.39, 0.29) is 0 Å². The van der Waals surface area contributed by atoms with Gasteiger partial charge in [0.05, 0.1) is 0 Å². The van der Waals surface area contributed by atoms with Crippen molar-refractivity contribution in [3.63, 3.8) is 0 Å². The zero-order valence-electron chi connectivity index (χ0n) is 10.1. The summed E-state index contributed by atoms with van der Waals surface area (Å²) < 4.78 is 11.1. The van der Waals surface area contributed by atoms with Crippen LogP contribution in [0.5, 0.6) is 11.5 Å². The second-order valence-corrected chi connectivity index (χ2v) is 4.67. The summed E-state index contributed by atoms with van der Waals surface area (Å²) >= 11 is 0. The van der Waals surface area contributed by atoms with Gasteiger partial charge in [-0.15, -0.1) is 0 Å². The van der Waals surface area contributed by atoms with E-state index in [0.717, 1.165) is 31.1 Å². The van der Waals surface area contributed by atoms with Crippen molar-refractivity contribution in [2.75, 3.05) is 39.9 Å². The lowest BCUT2D eigenvalue weighted by atomic mass is 10.0. The highest BCUT2D eigenvalue weighted by molar-refractivity contribution is 5.44. The Hall–Kier alpha value is -1.26. The molecule has 17 heavy (non-hydrogen) atoms. The van der Waals surface area contributed by atoms with Crippen LogP contribution in [0.15, 0.2) is 18.2 Å². The van der Waals surface area contributed by atoms with Crippen LogP contribution in [0.4, 0.5) is 0 Å². The van der Waals surface area contributed by atoms with Gasteiger partial charge in [-0.2, -0.15) is 0 Å². The third kappa shape index (κ3) is 2.23. The van der Waals surface area contributed by atoms with Crippen LogP contribution in [0.3, 0.4) is 0 Å². The van der Waals surface area contributed by atoms with Crippen molar-refractivity contribution in [3.8, 4) is 11.5 Å². The van der Waals surface area contributed by atoms with E-state index in [9.17, 15) is 0 Å². The Morgan fingerprint density at radius 2 is 2.06 bits per heavy atom. The molecule has 1 atom stereocenters. The third-order valence-corrected chi connectivity index (χ3v) is 3.35. The average molecular weight is 234 g/mol. The fourth-order valence-corrected chi connectivity index (χ4v) is 2.40. The first-order valence-corrected chi connectivity index (χ1v) is 6.14. The van der Waals surface area contributed by atoms with Crippen molar-refractivity contribution in [1.29, 1.82) is 0 Å². The van der Waals surface area contributed by atoms with Crippen LogP contribution in [-0.2, 0) is 0 Å². The SMILES string of the molecule is CN1CCNC(c2ccc3c(c2)OCCO3)C1. The van der Waals surface area contributed by atoms with Gasteiger partial charge in [-0.25, -0.2) is 0 Å². The fraction of sp³-hybridized carbons (Fsp3) is 0.538. The molecule has 1 aromatic rings. The topological polar surface area (TPSA) is 33.7 Å². The molecule has 4 heteroatoms. The standard InChI is InChI=1S/C13H18N2O2/c1-15-5-4-14-11(9-15)10-2-3-12-13(8-10)17-7-6-16-12/h2-3,8,11,14H,4-7,9H2,1H3. The van der Waals surface area contributed by atoms with Crippen LogP contribution in [0.25, 0.3) is 0 Å². The highest BCUT2D eigenvalue weighted by Gasteiger charge is 2.20. The first-order chi connectivity index (χ1) is 8.33. The Balaban J connectivity index is 1.83. The Bertz CT molecular complexity index is 408. The number of fused-ring (bicyclic) bond motifs is 1. The number of ether oxygens (including phenoxy) is 2. The van der Waals surface area contributed by atoms with Crippen LogP contribution in [0.2, 0.25) is 0 Å². The lowest BCUT2D eigenvalue weighted by Gasteiger charge is -2.31. The number of hydrogen-bond donors (Lipinski definition) is 1. The molecule has 2 aliphatic heterocycles. The molecule has 0 aliphatic carbocycles. The number of rotatable bonds is 1. The number of nitrogens with zero attached hydrogens (tertiary/aromatic N) is 1. The molecule has 0 radical (unpaired) electrons. The predicted octanol–water partition coefficient (Wildman–Crippen LogP) is 1.03. The van der Waals surface area contributed by atoms with E-state index in [1.165, 1.54) is 5.56 Å². The highest BCUT2D eigenvalue weighted by Crippen LogP contribution is 2.33. The van der Waals surface area contributed by atoms with Crippen molar-refractivity contribution >= 4 is 0 Å². The van der Waals surface area contributed by atoms with E-state index in [1.807, 2.05) is 6.07 Å². The molecule has 2 aliphatic rings. The van der Waals surface area contributed by atoms with Crippen molar-refractivity contribution in [2.45, 2.75) is 6.04 Å². The van der Waals surface area contributed by atoms with Crippen LogP contribution in [0, 0.1) is 0 Å². The highest BCUT2D eigenvalue weighted by atomic mass is 16.6. The van der Waals surface area contributed by atoms with Crippen molar-refractivity contribution in [1.82, 2.24) is 10.2 Å². The summed E-state index contributed by atoms with van der Waals surface area (Å²) in [6.45, 7) is 4.49. The molecule has 0 aromatic heterocycles. The van der Waals surface area contributed by atoms with Gasteiger partial charge in [0.2, 0.25) is 0 Å². The second-order valence-electron chi connectivity index (χ2n) is 4.67. The minimum absolute atomic E-state index is 0.393. The summed E-state index contributed by atoms with van der Waals surface area (Å²) in [4.78, 5) is 2.35. The monoisotopic (exact) mass is 234 g/mol. The molecule has 0 amide bonds. The lowest BCUT2D eigenvalue weighted by molar-refractivity contribution is 0.171. The minimum Gasteiger partial charge on any atom is -0.486 e. The van der Waals surface area contributed by atoms with Crippen LogP contribution >= 0.6 is 0 Å². The predicted molar refractivity (Wildman–Crippen MR) is 65.7 cm³/mol. The maximum absolute atomic E-state index is 5.62. The van der Waals surface area contributed by atoms with Crippen molar-refractivity contribution in [3.05, 3.63) is 23.8 Å². The molecule has 1 aromatic carbocycles. The molecule has 3 rings (SSSR count). The molecular weight excluding hydrogens is 216 g/mol. The van der Waals surface area contributed by atoms with Gasteiger partial charge in [0, 0.05) is 25.7 Å². The number of hydrogen-bond acceptors (Lipinski definition) is 4. The maximum atomic E-state index is 5.62. The molecule has 4 nitrogen and oxygen atoms in total.